The topological polar surface area (TPSA) is 105 Å². The Balaban J connectivity index is 0.000000479. The summed E-state index contributed by atoms with van der Waals surface area (Å²) in [4.78, 5) is 27.5. The third-order valence-corrected chi connectivity index (χ3v) is 4.08. The van der Waals surface area contributed by atoms with Gasteiger partial charge in [-0.25, -0.2) is 9.78 Å². The monoisotopic (exact) mass is 495 g/mol. The van der Waals surface area contributed by atoms with Crippen LogP contribution in [0.25, 0.3) is 22.5 Å². The Morgan fingerprint density at radius 3 is 2.00 bits per heavy atom. The van der Waals surface area contributed by atoms with Crippen LogP contribution in [0.4, 0.5) is 26.3 Å². The Labute approximate surface area is 185 Å². The molecule has 2 heterocycles. The number of aromatic nitrogens is 3. The van der Waals surface area contributed by atoms with Crippen LogP contribution in [0.1, 0.15) is 5.69 Å². The summed E-state index contributed by atoms with van der Waals surface area (Å²) >= 11 is 5.86. The quantitative estimate of drug-likeness (QED) is 0.493. The number of alkyl halides is 6. The minimum absolute atomic E-state index is 0.163. The molecule has 0 radical (unpaired) electrons. The normalized spacial score (nSPS) is 11.5. The first-order valence-electron chi connectivity index (χ1n) is 8.56. The lowest BCUT2D eigenvalue weighted by Gasteiger charge is -2.11. The Bertz CT molecular complexity index is 1140. The van der Waals surface area contributed by atoms with Gasteiger partial charge < -0.3 is 14.8 Å². The minimum Gasteiger partial charge on any atom is -0.480 e. The molecule has 0 aliphatic rings. The molecule has 2 aromatic heterocycles. The first kappa shape index (κ1) is 25.6. The van der Waals surface area contributed by atoms with Crippen molar-refractivity contribution in [2.24, 2.45) is 0 Å². The van der Waals surface area contributed by atoms with Gasteiger partial charge in [0.15, 0.2) is 0 Å². The fraction of sp³-hybridized carbons (Fsp3) is 0.158. The van der Waals surface area contributed by atoms with Crippen LogP contribution >= 0.6 is 11.6 Å². The van der Waals surface area contributed by atoms with Crippen LogP contribution in [-0.2, 0) is 22.3 Å². The van der Waals surface area contributed by atoms with Crippen LogP contribution in [0.15, 0.2) is 48.9 Å². The zero-order valence-electron chi connectivity index (χ0n) is 16.0. The summed E-state index contributed by atoms with van der Waals surface area (Å²) in [6.07, 6.45) is -7.39. The summed E-state index contributed by atoms with van der Waals surface area (Å²) < 4.78 is 72.0. The lowest BCUT2D eigenvalue weighted by molar-refractivity contribution is -0.192. The van der Waals surface area contributed by atoms with E-state index >= 15 is 0 Å². The lowest BCUT2D eigenvalue weighted by atomic mass is 10.0. The molecule has 0 bridgehead atoms. The van der Waals surface area contributed by atoms with Crippen molar-refractivity contribution in [3.05, 3.63) is 59.6 Å². The van der Waals surface area contributed by atoms with E-state index in [2.05, 4.69) is 9.97 Å². The highest BCUT2D eigenvalue weighted by Gasteiger charge is 2.38. The van der Waals surface area contributed by atoms with Crippen molar-refractivity contribution in [1.29, 1.82) is 0 Å². The Kier molecular flexibility index (Phi) is 7.69. The SMILES string of the molecule is O=C(O)C(F)(F)F.O=C(O)Cn1cnc(-c2ccc(Cl)cc2)c1-c1ccnc(C(F)(F)F)c1. The van der Waals surface area contributed by atoms with Crippen molar-refractivity contribution in [2.45, 2.75) is 18.9 Å². The maximum atomic E-state index is 13.0. The number of carbonyl (C=O) groups is 2. The van der Waals surface area contributed by atoms with E-state index in [0.717, 1.165) is 12.3 Å². The van der Waals surface area contributed by atoms with Crippen LogP contribution in [0.5, 0.6) is 0 Å². The summed E-state index contributed by atoms with van der Waals surface area (Å²) in [5.74, 6) is -3.90. The average molecular weight is 496 g/mol. The molecule has 3 aromatic rings. The Hall–Kier alpha value is -3.61. The van der Waals surface area contributed by atoms with Gasteiger partial charge in [0.2, 0.25) is 0 Å². The molecule has 33 heavy (non-hydrogen) atoms. The highest BCUT2D eigenvalue weighted by molar-refractivity contribution is 6.30. The molecular weight excluding hydrogens is 484 g/mol. The van der Waals surface area contributed by atoms with Gasteiger partial charge in [-0.2, -0.15) is 26.3 Å². The largest absolute Gasteiger partial charge is 0.490 e. The molecule has 0 aliphatic carbocycles. The second-order valence-corrected chi connectivity index (χ2v) is 6.64. The van der Waals surface area contributed by atoms with Crippen molar-refractivity contribution in [1.82, 2.24) is 14.5 Å². The number of imidazole rings is 1. The van der Waals surface area contributed by atoms with Crippen LogP contribution < -0.4 is 0 Å². The second-order valence-electron chi connectivity index (χ2n) is 6.20. The van der Waals surface area contributed by atoms with Gasteiger partial charge in [-0.15, -0.1) is 0 Å². The number of hydrogen-bond acceptors (Lipinski definition) is 4. The molecular formula is C19H12ClF6N3O4. The summed E-state index contributed by atoms with van der Waals surface area (Å²) in [5.41, 5.74) is 0.292. The van der Waals surface area contributed by atoms with E-state index in [1.165, 1.54) is 17.0 Å². The second kappa shape index (κ2) is 9.90. The molecule has 0 aliphatic heterocycles. The van der Waals surface area contributed by atoms with Crippen LogP contribution in [0, 0.1) is 0 Å². The third kappa shape index (κ3) is 6.94. The molecule has 7 nitrogen and oxygen atoms in total. The van der Waals surface area contributed by atoms with E-state index in [9.17, 15) is 31.1 Å². The number of aliphatic carboxylic acids is 2. The van der Waals surface area contributed by atoms with Gasteiger partial charge in [-0.05, 0) is 24.3 Å². The standard InChI is InChI=1S/C17H11ClF3N3O2.C2HF3O2/c18-12-3-1-10(2-4-12)15-16(24(9-23-15)8-14(25)26)11-5-6-22-13(7-11)17(19,20)21;3-2(4,5)1(6)7/h1-7,9H,8H2,(H,25,26);(H,6,7). The number of nitrogens with zero attached hydrogens (tertiary/aromatic N) is 3. The molecule has 0 amide bonds. The fourth-order valence-corrected chi connectivity index (χ4v) is 2.63. The highest BCUT2D eigenvalue weighted by atomic mass is 35.5. The molecule has 0 saturated carbocycles. The van der Waals surface area contributed by atoms with Crippen LogP contribution in [-0.4, -0.2) is 42.9 Å². The predicted octanol–water partition coefficient (Wildman–Crippen LogP) is 5.00. The van der Waals surface area contributed by atoms with E-state index in [4.69, 9.17) is 26.6 Å². The Morgan fingerprint density at radius 1 is 0.939 bits per heavy atom. The first-order chi connectivity index (χ1) is 15.2. The molecule has 0 fully saturated rings. The smallest absolute Gasteiger partial charge is 0.480 e. The average Bonchev–Trinajstić information content (AvgIpc) is 3.10. The number of hydrogen-bond donors (Lipinski definition) is 2. The summed E-state index contributed by atoms with van der Waals surface area (Å²) in [5, 5.41) is 16.7. The molecule has 0 spiro atoms. The van der Waals surface area contributed by atoms with Gasteiger partial charge in [-0.1, -0.05) is 23.7 Å². The van der Waals surface area contributed by atoms with E-state index in [1.807, 2.05) is 0 Å². The summed E-state index contributed by atoms with van der Waals surface area (Å²) in [7, 11) is 0. The van der Waals surface area contributed by atoms with Gasteiger partial charge in [0.05, 0.1) is 17.7 Å². The number of rotatable bonds is 4. The fourth-order valence-electron chi connectivity index (χ4n) is 2.50. The molecule has 0 saturated heterocycles. The molecule has 0 atom stereocenters. The number of pyridine rings is 1. The first-order valence-corrected chi connectivity index (χ1v) is 8.94. The van der Waals surface area contributed by atoms with Crippen molar-refractivity contribution in [3.63, 3.8) is 0 Å². The van der Waals surface area contributed by atoms with Crippen LogP contribution in [0.3, 0.4) is 0 Å². The van der Waals surface area contributed by atoms with Gasteiger partial charge in [0.25, 0.3) is 0 Å². The maximum Gasteiger partial charge on any atom is 0.490 e. The molecule has 3 rings (SSSR count). The number of carboxylic acid groups (broad SMARTS) is 2. The zero-order valence-corrected chi connectivity index (χ0v) is 16.8. The molecule has 2 N–H and O–H groups in total. The van der Waals surface area contributed by atoms with Gasteiger partial charge in [0, 0.05) is 22.3 Å². The number of benzene rings is 1. The molecule has 176 valence electrons. The third-order valence-electron chi connectivity index (χ3n) is 3.83. The summed E-state index contributed by atoms with van der Waals surface area (Å²) in [6.45, 7) is -0.445. The van der Waals surface area contributed by atoms with Gasteiger partial charge in [0.1, 0.15) is 12.2 Å². The number of carboxylic acids is 2. The molecule has 0 unspecified atom stereocenters. The highest BCUT2D eigenvalue weighted by Crippen LogP contribution is 2.35. The van der Waals surface area contributed by atoms with E-state index in [1.54, 1.807) is 24.3 Å². The number of halogens is 7. The minimum atomic E-state index is -5.08. The van der Waals surface area contributed by atoms with E-state index in [-0.39, 0.29) is 11.3 Å². The van der Waals surface area contributed by atoms with Crippen LogP contribution in [0.2, 0.25) is 5.02 Å². The maximum absolute atomic E-state index is 13.0. The lowest BCUT2D eigenvalue weighted by Crippen LogP contribution is -2.21. The van der Waals surface area contributed by atoms with E-state index in [0.29, 0.717) is 16.3 Å². The Morgan fingerprint density at radius 2 is 1.52 bits per heavy atom. The predicted molar refractivity (Wildman–Crippen MR) is 102 cm³/mol. The van der Waals surface area contributed by atoms with Crippen molar-refractivity contribution in [3.8, 4) is 22.5 Å². The summed E-state index contributed by atoms with van der Waals surface area (Å²) in [6, 6.07) is 8.80. The van der Waals surface area contributed by atoms with Crippen molar-refractivity contribution >= 4 is 23.5 Å². The zero-order chi connectivity index (χ0) is 25.0. The van der Waals surface area contributed by atoms with Crippen molar-refractivity contribution in [2.75, 3.05) is 0 Å². The molecule has 1 aromatic carbocycles. The van der Waals surface area contributed by atoms with Gasteiger partial charge in [-0.3, -0.25) is 9.78 Å². The van der Waals surface area contributed by atoms with E-state index < -0.39 is 36.5 Å². The molecule has 14 heteroatoms. The van der Waals surface area contributed by atoms with Crippen molar-refractivity contribution < 1.29 is 46.1 Å². The van der Waals surface area contributed by atoms with Gasteiger partial charge >= 0.3 is 24.3 Å².